The van der Waals surface area contributed by atoms with Crippen molar-refractivity contribution in [1.29, 1.82) is 0 Å². The van der Waals surface area contributed by atoms with Crippen LogP contribution in [0.3, 0.4) is 0 Å². The van der Waals surface area contributed by atoms with Crippen LogP contribution in [-0.2, 0) is 11.3 Å². The summed E-state index contributed by atoms with van der Waals surface area (Å²) in [5.74, 6) is 0.258. The number of hydrogen-bond acceptors (Lipinski definition) is 6. The molecule has 0 saturated carbocycles. The van der Waals surface area contributed by atoms with Crippen LogP contribution in [0.25, 0.3) is 0 Å². The summed E-state index contributed by atoms with van der Waals surface area (Å²) >= 11 is 0. The van der Waals surface area contributed by atoms with Crippen molar-refractivity contribution < 1.29 is 14.3 Å². The molecule has 0 aliphatic carbocycles. The first kappa shape index (κ1) is 19.8. The standard InChI is InChI=1S/C20H25N5O3/c1-14(23-19(26)16-8-21-13-22-9-16)20(27)25-10-15-6-4-5-7-18(15)28-12-17(25)11-24(2)3/h4-9,13-14,17H,10-12H2,1-3H3,(H,23,26). The van der Waals surface area contributed by atoms with E-state index in [4.69, 9.17) is 4.74 Å². The van der Waals surface area contributed by atoms with Crippen molar-refractivity contribution in [2.75, 3.05) is 27.2 Å². The number of amides is 2. The Balaban J connectivity index is 1.78. The fourth-order valence-electron chi connectivity index (χ4n) is 3.20. The van der Waals surface area contributed by atoms with Gasteiger partial charge in [0.05, 0.1) is 11.6 Å². The largest absolute Gasteiger partial charge is 0.491 e. The zero-order valence-corrected chi connectivity index (χ0v) is 16.3. The van der Waals surface area contributed by atoms with E-state index in [1.54, 1.807) is 11.8 Å². The summed E-state index contributed by atoms with van der Waals surface area (Å²) in [6.07, 6.45) is 4.20. The van der Waals surface area contributed by atoms with Crippen LogP contribution in [0.15, 0.2) is 43.0 Å². The number of carbonyl (C=O) groups is 2. The molecule has 0 spiro atoms. The number of ether oxygens (including phenoxy) is 1. The Morgan fingerprint density at radius 2 is 2.00 bits per heavy atom. The minimum absolute atomic E-state index is 0.130. The Morgan fingerprint density at radius 1 is 1.29 bits per heavy atom. The Bertz CT molecular complexity index is 828. The van der Waals surface area contributed by atoms with E-state index < -0.39 is 6.04 Å². The SMILES string of the molecule is CC(NC(=O)c1cncnc1)C(=O)N1Cc2ccccc2OCC1CN(C)C. The summed E-state index contributed by atoms with van der Waals surface area (Å²) in [6, 6.07) is 6.89. The first-order chi connectivity index (χ1) is 13.5. The molecule has 2 unspecified atom stereocenters. The monoisotopic (exact) mass is 383 g/mol. The zero-order valence-electron chi connectivity index (χ0n) is 16.3. The van der Waals surface area contributed by atoms with Gasteiger partial charge in [-0.05, 0) is 27.1 Å². The Labute approximate surface area is 164 Å². The topological polar surface area (TPSA) is 87.7 Å². The number of carbonyl (C=O) groups excluding carboxylic acids is 2. The highest BCUT2D eigenvalue weighted by Gasteiger charge is 2.32. The molecule has 1 N–H and O–H groups in total. The van der Waals surface area contributed by atoms with Crippen LogP contribution in [0, 0.1) is 0 Å². The molecule has 0 bridgehead atoms. The molecule has 8 heteroatoms. The summed E-state index contributed by atoms with van der Waals surface area (Å²) < 4.78 is 5.95. The molecule has 8 nitrogen and oxygen atoms in total. The number of likely N-dealkylation sites (N-methyl/N-ethyl adjacent to an activating group) is 1. The maximum atomic E-state index is 13.2. The molecule has 1 aromatic heterocycles. The highest BCUT2D eigenvalue weighted by atomic mass is 16.5. The third-order valence-corrected chi connectivity index (χ3v) is 4.59. The number of rotatable bonds is 5. The van der Waals surface area contributed by atoms with Crippen LogP contribution in [0.5, 0.6) is 5.75 Å². The number of para-hydroxylation sites is 1. The van der Waals surface area contributed by atoms with Crippen LogP contribution in [0.2, 0.25) is 0 Å². The van der Waals surface area contributed by atoms with Gasteiger partial charge in [-0.3, -0.25) is 9.59 Å². The second-order valence-corrected chi connectivity index (χ2v) is 7.12. The van der Waals surface area contributed by atoms with Gasteiger partial charge in [0.2, 0.25) is 5.91 Å². The molecule has 0 saturated heterocycles. The van der Waals surface area contributed by atoms with Crippen molar-refractivity contribution in [2.45, 2.75) is 25.6 Å². The molecule has 2 heterocycles. The minimum Gasteiger partial charge on any atom is -0.491 e. The van der Waals surface area contributed by atoms with Gasteiger partial charge in [0, 0.05) is 31.0 Å². The molecule has 1 aliphatic heterocycles. The Kier molecular flexibility index (Phi) is 6.20. The number of aromatic nitrogens is 2. The number of nitrogens with zero attached hydrogens (tertiary/aromatic N) is 4. The summed E-state index contributed by atoms with van der Waals surface area (Å²) in [6.45, 7) is 3.18. The summed E-state index contributed by atoms with van der Waals surface area (Å²) in [7, 11) is 3.92. The van der Waals surface area contributed by atoms with Gasteiger partial charge in [-0.2, -0.15) is 0 Å². The molecule has 1 aromatic carbocycles. The highest BCUT2D eigenvalue weighted by molar-refractivity contribution is 5.97. The zero-order chi connectivity index (χ0) is 20.1. The van der Waals surface area contributed by atoms with E-state index in [0.29, 0.717) is 25.3 Å². The molecule has 0 fully saturated rings. The van der Waals surface area contributed by atoms with Crippen molar-refractivity contribution in [1.82, 2.24) is 25.1 Å². The average molecular weight is 383 g/mol. The third kappa shape index (κ3) is 4.64. The smallest absolute Gasteiger partial charge is 0.255 e. The van der Waals surface area contributed by atoms with Gasteiger partial charge in [-0.15, -0.1) is 0 Å². The van der Waals surface area contributed by atoms with Crippen molar-refractivity contribution in [2.24, 2.45) is 0 Å². The molecule has 28 heavy (non-hydrogen) atoms. The van der Waals surface area contributed by atoms with E-state index in [1.165, 1.54) is 18.7 Å². The predicted molar refractivity (Wildman–Crippen MR) is 104 cm³/mol. The lowest BCUT2D eigenvalue weighted by molar-refractivity contribution is -0.136. The maximum absolute atomic E-state index is 13.2. The number of hydrogen-bond donors (Lipinski definition) is 1. The van der Waals surface area contributed by atoms with Crippen molar-refractivity contribution in [3.05, 3.63) is 54.1 Å². The van der Waals surface area contributed by atoms with E-state index >= 15 is 0 Å². The third-order valence-electron chi connectivity index (χ3n) is 4.59. The van der Waals surface area contributed by atoms with Gasteiger partial charge in [0.25, 0.3) is 5.91 Å². The second-order valence-electron chi connectivity index (χ2n) is 7.12. The van der Waals surface area contributed by atoms with E-state index in [0.717, 1.165) is 11.3 Å². The van der Waals surface area contributed by atoms with E-state index in [2.05, 4.69) is 15.3 Å². The van der Waals surface area contributed by atoms with Gasteiger partial charge >= 0.3 is 0 Å². The van der Waals surface area contributed by atoms with Crippen LogP contribution < -0.4 is 10.1 Å². The first-order valence-corrected chi connectivity index (χ1v) is 9.17. The van der Waals surface area contributed by atoms with Gasteiger partial charge < -0.3 is 19.9 Å². The van der Waals surface area contributed by atoms with Crippen LogP contribution in [0.1, 0.15) is 22.8 Å². The first-order valence-electron chi connectivity index (χ1n) is 9.17. The maximum Gasteiger partial charge on any atom is 0.255 e. The van der Waals surface area contributed by atoms with E-state index in [-0.39, 0.29) is 17.9 Å². The molecule has 0 radical (unpaired) electrons. The molecular weight excluding hydrogens is 358 g/mol. The molecule has 3 rings (SSSR count). The molecular formula is C20H25N5O3. The summed E-state index contributed by atoms with van der Waals surface area (Å²) in [5.41, 5.74) is 1.27. The molecule has 2 atom stereocenters. The van der Waals surface area contributed by atoms with Crippen LogP contribution in [-0.4, -0.2) is 70.9 Å². The lowest BCUT2D eigenvalue weighted by Crippen LogP contribution is -2.53. The summed E-state index contributed by atoms with van der Waals surface area (Å²) in [5, 5.41) is 2.75. The minimum atomic E-state index is -0.692. The van der Waals surface area contributed by atoms with E-state index in [9.17, 15) is 9.59 Å². The van der Waals surface area contributed by atoms with Crippen molar-refractivity contribution in [3.8, 4) is 5.75 Å². The van der Waals surface area contributed by atoms with Crippen molar-refractivity contribution >= 4 is 11.8 Å². The van der Waals surface area contributed by atoms with Crippen molar-refractivity contribution in [3.63, 3.8) is 0 Å². The molecule has 1 aliphatic rings. The lowest BCUT2D eigenvalue weighted by Gasteiger charge is -2.33. The second kappa shape index (κ2) is 8.79. The molecule has 2 amide bonds. The highest BCUT2D eigenvalue weighted by Crippen LogP contribution is 2.25. The number of nitrogens with one attached hydrogen (secondary N) is 1. The fraction of sp³-hybridized carbons (Fsp3) is 0.400. The van der Waals surface area contributed by atoms with Crippen LogP contribution in [0.4, 0.5) is 0 Å². The number of fused-ring (bicyclic) bond motifs is 1. The van der Waals surface area contributed by atoms with E-state index in [1.807, 2.05) is 43.3 Å². The Hall–Kier alpha value is -3.00. The van der Waals surface area contributed by atoms with Gasteiger partial charge in [0.15, 0.2) is 0 Å². The van der Waals surface area contributed by atoms with Gasteiger partial charge in [-0.1, -0.05) is 18.2 Å². The fourth-order valence-corrected chi connectivity index (χ4v) is 3.20. The molecule has 2 aromatic rings. The quantitative estimate of drug-likeness (QED) is 0.827. The predicted octanol–water partition coefficient (Wildman–Crippen LogP) is 0.946. The normalized spacial score (nSPS) is 17.3. The Morgan fingerprint density at radius 3 is 2.71 bits per heavy atom. The lowest BCUT2D eigenvalue weighted by atomic mass is 10.1. The number of benzene rings is 1. The van der Waals surface area contributed by atoms with Gasteiger partial charge in [-0.25, -0.2) is 9.97 Å². The summed E-state index contributed by atoms with van der Waals surface area (Å²) in [4.78, 5) is 37.1. The molecule has 148 valence electrons. The van der Waals surface area contributed by atoms with Gasteiger partial charge in [0.1, 0.15) is 24.7 Å². The van der Waals surface area contributed by atoms with Crippen LogP contribution >= 0.6 is 0 Å². The average Bonchev–Trinajstić information content (AvgIpc) is 2.87.